The van der Waals surface area contributed by atoms with Crippen molar-refractivity contribution in [3.05, 3.63) is 89.6 Å². The van der Waals surface area contributed by atoms with E-state index < -0.39 is 0 Å². The van der Waals surface area contributed by atoms with Crippen molar-refractivity contribution in [2.75, 3.05) is 18.4 Å². The zero-order chi connectivity index (χ0) is 19.8. The molecule has 3 heterocycles. The van der Waals surface area contributed by atoms with Crippen molar-refractivity contribution in [2.24, 2.45) is 4.99 Å². The molecule has 0 aliphatic carbocycles. The van der Waals surface area contributed by atoms with E-state index in [1.165, 1.54) is 0 Å². The van der Waals surface area contributed by atoms with Crippen molar-refractivity contribution in [1.82, 2.24) is 15.8 Å². The number of amides is 1. The molecule has 0 radical (unpaired) electrons. The van der Waals surface area contributed by atoms with Crippen LogP contribution in [0.5, 0.6) is 0 Å². The molecule has 0 spiro atoms. The van der Waals surface area contributed by atoms with E-state index in [2.05, 4.69) is 21.1 Å². The van der Waals surface area contributed by atoms with Gasteiger partial charge in [-0.2, -0.15) is 0 Å². The highest BCUT2D eigenvalue weighted by atomic mass is 16.3. The fourth-order valence-electron chi connectivity index (χ4n) is 3.54. The molecule has 2 aromatic carbocycles. The van der Waals surface area contributed by atoms with E-state index in [0.717, 1.165) is 16.9 Å². The second-order valence-electron chi connectivity index (χ2n) is 6.85. The summed E-state index contributed by atoms with van der Waals surface area (Å²) >= 11 is 0. The number of aliphatic hydroxyl groups is 1. The Hall–Kier alpha value is -3.84. The van der Waals surface area contributed by atoms with Crippen LogP contribution < -0.4 is 16.1 Å². The molecule has 7 heteroatoms. The lowest BCUT2D eigenvalue weighted by Crippen LogP contribution is -2.46. The third-order valence-corrected chi connectivity index (χ3v) is 5.05. The van der Waals surface area contributed by atoms with Gasteiger partial charge in [0.05, 0.1) is 17.7 Å². The largest absolute Gasteiger partial charge is 0.507 e. The fraction of sp³-hybridized carbons (Fsp3) is 0.0909. The van der Waals surface area contributed by atoms with Gasteiger partial charge in [-0.3, -0.25) is 9.79 Å². The Morgan fingerprint density at radius 1 is 1.07 bits per heavy atom. The Labute approximate surface area is 167 Å². The Kier molecular flexibility index (Phi) is 4.14. The number of hydrogen-bond donors (Lipinski definition) is 4. The molecule has 2 aromatic rings. The number of aliphatic hydroxyl groups excluding tert-OH is 1. The lowest BCUT2D eigenvalue weighted by molar-refractivity contribution is -0.113. The number of carbonyl (C=O) groups excluding carboxylic acids is 1. The lowest BCUT2D eigenvalue weighted by Gasteiger charge is -2.31. The number of hydrogen-bond acceptors (Lipinski definition) is 6. The molecular formula is C22H19N5O2. The summed E-state index contributed by atoms with van der Waals surface area (Å²) in [6.45, 7) is 0.789. The van der Waals surface area contributed by atoms with Gasteiger partial charge in [-0.25, -0.2) is 10.4 Å². The van der Waals surface area contributed by atoms with Crippen LogP contribution in [0.2, 0.25) is 0 Å². The first kappa shape index (κ1) is 17.3. The van der Waals surface area contributed by atoms with E-state index in [4.69, 9.17) is 0 Å². The molecule has 0 bridgehead atoms. The second-order valence-corrected chi connectivity index (χ2v) is 6.85. The topological polar surface area (TPSA) is 89.0 Å². The van der Waals surface area contributed by atoms with Gasteiger partial charge in [0.1, 0.15) is 11.6 Å². The predicted molar refractivity (Wildman–Crippen MR) is 112 cm³/mol. The van der Waals surface area contributed by atoms with Crippen LogP contribution in [0, 0.1) is 0 Å². The van der Waals surface area contributed by atoms with Crippen LogP contribution in [-0.4, -0.2) is 34.9 Å². The Morgan fingerprint density at radius 2 is 1.83 bits per heavy atom. The maximum absolute atomic E-state index is 12.7. The number of anilines is 1. The number of amidine groups is 1. The Morgan fingerprint density at radius 3 is 2.62 bits per heavy atom. The van der Waals surface area contributed by atoms with Gasteiger partial charge in [-0.1, -0.05) is 42.5 Å². The Balaban J connectivity index is 1.34. The molecule has 0 saturated heterocycles. The summed E-state index contributed by atoms with van der Waals surface area (Å²) in [7, 11) is 0. The van der Waals surface area contributed by atoms with Gasteiger partial charge in [-0.05, 0) is 29.3 Å². The van der Waals surface area contributed by atoms with E-state index in [9.17, 15) is 9.90 Å². The molecule has 0 saturated carbocycles. The molecule has 0 fully saturated rings. The Bertz CT molecular complexity index is 1100. The minimum atomic E-state index is -0.366. The number of rotatable bonds is 3. The van der Waals surface area contributed by atoms with Gasteiger partial charge < -0.3 is 15.7 Å². The van der Waals surface area contributed by atoms with Crippen LogP contribution in [0.4, 0.5) is 5.69 Å². The van der Waals surface area contributed by atoms with Crippen LogP contribution >= 0.6 is 0 Å². The van der Waals surface area contributed by atoms with Crippen molar-refractivity contribution in [3.63, 3.8) is 0 Å². The standard InChI is InChI=1S/C22H19N5O2/c28-20-17-12-23-19-10-11-25-27(19)21(17)24-13-18(20)22(29)26-16-8-6-15(7-9-16)14-4-2-1-3-5-14/h1-10,12,23,25,28H,11,13H2,(H,26,29). The van der Waals surface area contributed by atoms with Crippen molar-refractivity contribution >= 4 is 17.4 Å². The SMILES string of the molecule is O=C(Nc1ccc(-c2ccccc2)cc1)C1=C(O)C2=CNC3=CCNN3C2=NC1. The number of aliphatic imine (C=N–C) groups is 1. The predicted octanol–water partition coefficient (Wildman–Crippen LogP) is 2.67. The van der Waals surface area contributed by atoms with Gasteiger partial charge in [0, 0.05) is 18.4 Å². The summed E-state index contributed by atoms with van der Waals surface area (Å²) in [4.78, 5) is 17.2. The second kappa shape index (κ2) is 6.96. The number of dihydropyridines is 1. The minimum absolute atomic E-state index is 0.0614. The minimum Gasteiger partial charge on any atom is -0.507 e. The normalized spacial score (nSPS) is 17.5. The van der Waals surface area contributed by atoms with Gasteiger partial charge in [0.25, 0.3) is 5.91 Å². The molecule has 0 unspecified atom stereocenters. The summed E-state index contributed by atoms with van der Waals surface area (Å²) in [5.74, 6) is 1.04. The van der Waals surface area contributed by atoms with Crippen molar-refractivity contribution in [1.29, 1.82) is 0 Å². The van der Waals surface area contributed by atoms with E-state index in [1.54, 1.807) is 11.2 Å². The molecule has 0 aromatic heterocycles. The highest BCUT2D eigenvalue weighted by Crippen LogP contribution is 2.27. The molecule has 29 heavy (non-hydrogen) atoms. The smallest absolute Gasteiger partial charge is 0.257 e. The van der Waals surface area contributed by atoms with Crippen LogP contribution in [0.15, 0.2) is 94.6 Å². The number of fused-ring (bicyclic) bond motifs is 3. The average Bonchev–Trinajstić information content (AvgIpc) is 3.24. The van der Waals surface area contributed by atoms with Gasteiger partial charge in [0.2, 0.25) is 0 Å². The molecule has 3 aliphatic rings. The number of nitrogens with one attached hydrogen (secondary N) is 3. The van der Waals surface area contributed by atoms with Crippen molar-refractivity contribution in [2.45, 2.75) is 0 Å². The number of nitrogens with zero attached hydrogens (tertiary/aromatic N) is 2. The zero-order valence-corrected chi connectivity index (χ0v) is 15.5. The molecule has 1 amide bonds. The molecule has 144 valence electrons. The first-order valence-corrected chi connectivity index (χ1v) is 9.35. The van der Waals surface area contributed by atoms with Gasteiger partial charge in [-0.15, -0.1) is 0 Å². The molecular weight excluding hydrogens is 366 g/mol. The van der Waals surface area contributed by atoms with Gasteiger partial charge >= 0.3 is 0 Å². The molecule has 5 rings (SSSR count). The van der Waals surface area contributed by atoms with E-state index >= 15 is 0 Å². The average molecular weight is 385 g/mol. The molecule has 3 aliphatic heterocycles. The zero-order valence-electron chi connectivity index (χ0n) is 15.5. The molecule has 0 atom stereocenters. The van der Waals surface area contributed by atoms with Crippen LogP contribution in [-0.2, 0) is 4.79 Å². The molecule has 4 N–H and O–H groups in total. The lowest BCUT2D eigenvalue weighted by atomic mass is 10.0. The van der Waals surface area contributed by atoms with Crippen LogP contribution in [0.25, 0.3) is 11.1 Å². The van der Waals surface area contributed by atoms with Gasteiger partial charge in [0.15, 0.2) is 5.84 Å². The quantitative estimate of drug-likeness (QED) is 0.652. The number of benzene rings is 2. The van der Waals surface area contributed by atoms with E-state index in [-0.39, 0.29) is 23.8 Å². The highest BCUT2D eigenvalue weighted by Gasteiger charge is 2.33. The van der Waals surface area contributed by atoms with Crippen molar-refractivity contribution < 1.29 is 9.90 Å². The summed E-state index contributed by atoms with van der Waals surface area (Å²) in [5.41, 5.74) is 6.72. The van der Waals surface area contributed by atoms with Crippen LogP contribution in [0.1, 0.15) is 0 Å². The van der Waals surface area contributed by atoms with E-state index in [1.807, 2.05) is 60.7 Å². The third kappa shape index (κ3) is 3.07. The highest BCUT2D eigenvalue weighted by molar-refractivity contribution is 6.11. The first-order valence-electron chi connectivity index (χ1n) is 9.35. The third-order valence-electron chi connectivity index (χ3n) is 5.05. The molecule has 7 nitrogen and oxygen atoms in total. The number of carbonyl (C=O) groups is 1. The summed E-state index contributed by atoms with van der Waals surface area (Å²) in [5, 5.41) is 18.4. The van der Waals surface area contributed by atoms with Crippen LogP contribution in [0.3, 0.4) is 0 Å². The summed E-state index contributed by atoms with van der Waals surface area (Å²) in [6.07, 6.45) is 3.66. The first-order chi connectivity index (χ1) is 14.2. The number of hydrazine groups is 1. The fourth-order valence-corrected chi connectivity index (χ4v) is 3.54. The monoisotopic (exact) mass is 385 g/mol. The van der Waals surface area contributed by atoms with Crippen molar-refractivity contribution in [3.8, 4) is 11.1 Å². The maximum Gasteiger partial charge on any atom is 0.257 e. The summed E-state index contributed by atoms with van der Waals surface area (Å²) in [6, 6.07) is 17.6. The maximum atomic E-state index is 12.7. The summed E-state index contributed by atoms with van der Waals surface area (Å²) < 4.78 is 0. The van der Waals surface area contributed by atoms with E-state index in [0.29, 0.717) is 23.6 Å².